The van der Waals surface area contributed by atoms with E-state index in [1.807, 2.05) is 6.92 Å². The van der Waals surface area contributed by atoms with Crippen molar-refractivity contribution in [3.8, 4) is 0 Å². The van der Waals surface area contributed by atoms with E-state index >= 15 is 0 Å². The van der Waals surface area contributed by atoms with E-state index in [9.17, 15) is 0 Å². The molecule has 0 aromatic heterocycles. The Labute approximate surface area is 116 Å². The Hall–Kier alpha value is -1.16. The van der Waals surface area contributed by atoms with Crippen molar-refractivity contribution in [1.82, 2.24) is 5.43 Å². The smallest absolute Gasteiger partial charge is 0.0497 e. The van der Waals surface area contributed by atoms with E-state index in [0.717, 1.165) is 16.5 Å². The molecule has 0 saturated heterocycles. The first-order chi connectivity index (χ1) is 8.60. The molecule has 1 atom stereocenters. The highest BCUT2D eigenvalue weighted by molar-refractivity contribution is 9.10. The molecule has 3 N–H and O–H groups in total. The summed E-state index contributed by atoms with van der Waals surface area (Å²) in [5.74, 6) is 5.62. The minimum Gasteiger partial charge on any atom is -0.271 e. The van der Waals surface area contributed by atoms with Gasteiger partial charge in [-0.2, -0.15) is 0 Å². The molecule has 2 rings (SSSR count). The summed E-state index contributed by atoms with van der Waals surface area (Å²) in [6, 6.07) is 12.8. The second-order valence-corrected chi connectivity index (χ2v) is 5.55. The quantitative estimate of drug-likeness (QED) is 0.507. The number of nitrogens with one attached hydrogen (secondary N) is 1. The molecule has 3 heteroatoms. The van der Waals surface area contributed by atoms with E-state index in [-0.39, 0.29) is 6.04 Å². The number of fused-ring (bicyclic) bond motifs is 1. The Morgan fingerprint density at radius 3 is 2.61 bits per heavy atom. The lowest BCUT2D eigenvalue weighted by atomic mass is 9.98. The maximum atomic E-state index is 5.62. The number of hydrogen-bond acceptors (Lipinski definition) is 2. The summed E-state index contributed by atoms with van der Waals surface area (Å²) in [5.41, 5.74) is 5.17. The molecule has 0 amide bonds. The molecule has 0 saturated carbocycles. The van der Waals surface area contributed by atoms with Crippen molar-refractivity contribution in [3.63, 3.8) is 0 Å². The Kier molecular flexibility index (Phi) is 4.17. The van der Waals surface area contributed by atoms with E-state index in [2.05, 4.69) is 64.3 Å². The summed E-state index contributed by atoms with van der Waals surface area (Å²) >= 11 is 3.48. The van der Waals surface area contributed by atoms with Gasteiger partial charge in [0.25, 0.3) is 0 Å². The van der Waals surface area contributed by atoms with Crippen molar-refractivity contribution in [3.05, 3.63) is 58.6 Å². The lowest BCUT2D eigenvalue weighted by molar-refractivity contribution is 0.551. The van der Waals surface area contributed by atoms with Crippen LogP contribution in [0.15, 0.2) is 53.0 Å². The predicted octanol–water partition coefficient (Wildman–Crippen LogP) is 4.07. The van der Waals surface area contributed by atoms with E-state index in [4.69, 9.17) is 5.84 Å². The standard InChI is InChI=1S/C15H17BrN2/c1-10(2)7-15(18-17)13-4-3-12-9-14(16)6-5-11(12)8-13/h3-6,8-9,15,18H,1,7,17H2,2H3. The third-order valence-corrected chi connectivity index (χ3v) is 3.48. The predicted molar refractivity (Wildman–Crippen MR) is 81.1 cm³/mol. The summed E-state index contributed by atoms with van der Waals surface area (Å²) in [6.45, 7) is 5.96. The lowest BCUT2D eigenvalue weighted by Gasteiger charge is -2.17. The molecule has 0 aliphatic heterocycles. The molecule has 0 spiro atoms. The number of halogens is 1. The Balaban J connectivity index is 2.39. The molecule has 0 aliphatic carbocycles. The Bertz CT molecular complexity index is 578. The third kappa shape index (κ3) is 2.99. The van der Waals surface area contributed by atoms with Gasteiger partial charge in [-0.05, 0) is 47.9 Å². The van der Waals surface area contributed by atoms with E-state index in [1.165, 1.54) is 16.3 Å². The molecule has 18 heavy (non-hydrogen) atoms. The zero-order valence-electron chi connectivity index (χ0n) is 10.4. The van der Waals surface area contributed by atoms with Gasteiger partial charge in [0.2, 0.25) is 0 Å². The molecule has 0 bridgehead atoms. The molecule has 2 aromatic rings. The molecule has 1 unspecified atom stereocenters. The SMILES string of the molecule is C=C(C)CC(NN)c1ccc2cc(Br)ccc2c1. The second kappa shape index (κ2) is 5.65. The van der Waals surface area contributed by atoms with E-state index < -0.39 is 0 Å². The maximum absolute atomic E-state index is 5.62. The van der Waals surface area contributed by atoms with Gasteiger partial charge in [0.1, 0.15) is 0 Å². The molecule has 0 fully saturated rings. The van der Waals surface area contributed by atoms with Crippen LogP contribution in [0, 0.1) is 0 Å². The van der Waals surface area contributed by atoms with Gasteiger partial charge in [-0.15, -0.1) is 6.58 Å². The summed E-state index contributed by atoms with van der Waals surface area (Å²) in [7, 11) is 0. The molecule has 0 radical (unpaired) electrons. The second-order valence-electron chi connectivity index (χ2n) is 4.63. The fourth-order valence-corrected chi connectivity index (χ4v) is 2.45. The van der Waals surface area contributed by atoms with Crippen molar-refractivity contribution in [2.45, 2.75) is 19.4 Å². The molecule has 2 nitrogen and oxygen atoms in total. The summed E-state index contributed by atoms with van der Waals surface area (Å²) in [6.07, 6.45) is 0.846. The average molecular weight is 305 g/mol. The number of rotatable bonds is 4. The van der Waals surface area contributed by atoms with Crippen LogP contribution in [0.4, 0.5) is 0 Å². The van der Waals surface area contributed by atoms with Crippen LogP contribution in [0.3, 0.4) is 0 Å². The fraction of sp³-hybridized carbons (Fsp3) is 0.200. The van der Waals surface area contributed by atoms with Gasteiger partial charge < -0.3 is 0 Å². The van der Waals surface area contributed by atoms with Crippen LogP contribution in [-0.4, -0.2) is 0 Å². The Morgan fingerprint density at radius 1 is 1.28 bits per heavy atom. The normalized spacial score (nSPS) is 12.6. The highest BCUT2D eigenvalue weighted by atomic mass is 79.9. The van der Waals surface area contributed by atoms with Crippen molar-refractivity contribution in [1.29, 1.82) is 0 Å². The van der Waals surface area contributed by atoms with Crippen LogP contribution in [0.2, 0.25) is 0 Å². The van der Waals surface area contributed by atoms with Gasteiger partial charge in [0.05, 0.1) is 0 Å². The molecular formula is C15H17BrN2. The van der Waals surface area contributed by atoms with E-state index in [1.54, 1.807) is 0 Å². The summed E-state index contributed by atoms with van der Waals surface area (Å²) in [5, 5.41) is 2.44. The topological polar surface area (TPSA) is 38.0 Å². The first-order valence-electron chi connectivity index (χ1n) is 5.90. The fourth-order valence-electron chi connectivity index (χ4n) is 2.07. The van der Waals surface area contributed by atoms with Crippen LogP contribution < -0.4 is 11.3 Å². The zero-order valence-corrected chi connectivity index (χ0v) is 12.0. The minimum absolute atomic E-state index is 0.121. The summed E-state index contributed by atoms with van der Waals surface area (Å²) < 4.78 is 1.10. The maximum Gasteiger partial charge on any atom is 0.0497 e. The first kappa shape index (κ1) is 13.3. The van der Waals surface area contributed by atoms with Gasteiger partial charge in [0.15, 0.2) is 0 Å². The monoisotopic (exact) mass is 304 g/mol. The van der Waals surface area contributed by atoms with Gasteiger partial charge in [0, 0.05) is 10.5 Å². The zero-order chi connectivity index (χ0) is 13.1. The number of benzene rings is 2. The molecule has 2 aromatic carbocycles. The number of nitrogens with two attached hydrogens (primary N) is 1. The highest BCUT2D eigenvalue weighted by Crippen LogP contribution is 2.25. The number of hydrazine groups is 1. The lowest BCUT2D eigenvalue weighted by Crippen LogP contribution is -2.28. The van der Waals surface area contributed by atoms with Crippen molar-refractivity contribution in [2.24, 2.45) is 5.84 Å². The van der Waals surface area contributed by atoms with Crippen LogP contribution >= 0.6 is 15.9 Å². The van der Waals surface area contributed by atoms with Crippen molar-refractivity contribution in [2.75, 3.05) is 0 Å². The van der Waals surface area contributed by atoms with Gasteiger partial charge in [-0.3, -0.25) is 11.3 Å². The van der Waals surface area contributed by atoms with Gasteiger partial charge in [-0.1, -0.05) is 39.7 Å². The third-order valence-electron chi connectivity index (χ3n) is 2.98. The highest BCUT2D eigenvalue weighted by Gasteiger charge is 2.10. The number of hydrogen-bond donors (Lipinski definition) is 2. The molecule has 0 heterocycles. The van der Waals surface area contributed by atoms with Crippen molar-refractivity contribution < 1.29 is 0 Å². The largest absolute Gasteiger partial charge is 0.271 e. The molecule has 0 aliphatic rings. The van der Waals surface area contributed by atoms with Crippen molar-refractivity contribution >= 4 is 26.7 Å². The molecule has 94 valence electrons. The van der Waals surface area contributed by atoms with Crippen LogP contribution in [0.5, 0.6) is 0 Å². The summed E-state index contributed by atoms with van der Waals surface area (Å²) in [4.78, 5) is 0. The van der Waals surface area contributed by atoms with Gasteiger partial charge >= 0.3 is 0 Å². The van der Waals surface area contributed by atoms with E-state index in [0.29, 0.717) is 0 Å². The van der Waals surface area contributed by atoms with Crippen LogP contribution in [-0.2, 0) is 0 Å². The average Bonchev–Trinajstić information content (AvgIpc) is 2.35. The Morgan fingerprint density at radius 2 is 1.94 bits per heavy atom. The van der Waals surface area contributed by atoms with Gasteiger partial charge in [-0.25, -0.2) is 0 Å². The van der Waals surface area contributed by atoms with Crippen LogP contribution in [0.25, 0.3) is 10.8 Å². The molecular weight excluding hydrogens is 288 g/mol. The first-order valence-corrected chi connectivity index (χ1v) is 6.69. The van der Waals surface area contributed by atoms with Crippen LogP contribution in [0.1, 0.15) is 24.9 Å². The minimum atomic E-state index is 0.121.